The van der Waals surface area contributed by atoms with Gasteiger partial charge in [-0.2, -0.15) is 0 Å². The van der Waals surface area contributed by atoms with Crippen LogP contribution in [0.15, 0.2) is 29.3 Å². The summed E-state index contributed by atoms with van der Waals surface area (Å²) in [5, 5.41) is 6.69. The normalized spacial score (nSPS) is 11.6. The molecule has 0 aliphatic heterocycles. The standard InChI is InChI=1S/C20H35N3O2/c1-5-24-14-9-8-13-22-20(21-4)23-16-18-10-6-7-11-19(18)25-15-12-17(2)3/h6-7,10-11,17H,5,8-9,12-16H2,1-4H3,(H2,21,22,23). The predicted molar refractivity (Wildman–Crippen MR) is 105 cm³/mol. The molecule has 0 radical (unpaired) electrons. The maximum Gasteiger partial charge on any atom is 0.191 e. The minimum absolute atomic E-state index is 0.649. The van der Waals surface area contributed by atoms with Gasteiger partial charge in [-0.3, -0.25) is 4.99 Å². The molecule has 142 valence electrons. The van der Waals surface area contributed by atoms with Crippen LogP contribution >= 0.6 is 0 Å². The van der Waals surface area contributed by atoms with Crippen molar-refractivity contribution in [2.24, 2.45) is 10.9 Å². The van der Waals surface area contributed by atoms with Gasteiger partial charge in [0.25, 0.3) is 0 Å². The third-order valence-electron chi connectivity index (χ3n) is 3.81. The van der Waals surface area contributed by atoms with Gasteiger partial charge in [0.15, 0.2) is 5.96 Å². The van der Waals surface area contributed by atoms with Crippen LogP contribution < -0.4 is 15.4 Å². The second-order valence-corrected chi connectivity index (χ2v) is 6.40. The largest absolute Gasteiger partial charge is 0.493 e. The number of nitrogens with zero attached hydrogens (tertiary/aromatic N) is 1. The summed E-state index contributed by atoms with van der Waals surface area (Å²) < 4.78 is 11.3. The van der Waals surface area contributed by atoms with Gasteiger partial charge in [-0.05, 0) is 38.2 Å². The zero-order valence-electron chi connectivity index (χ0n) is 16.3. The Kier molecular flexibility index (Phi) is 11.5. The van der Waals surface area contributed by atoms with Gasteiger partial charge in [0.1, 0.15) is 5.75 Å². The number of hydrogen-bond acceptors (Lipinski definition) is 3. The minimum Gasteiger partial charge on any atom is -0.493 e. The van der Waals surface area contributed by atoms with Crippen molar-refractivity contribution in [2.75, 3.05) is 33.4 Å². The topological polar surface area (TPSA) is 54.9 Å². The molecule has 0 spiro atoms. The molecule has 5 nitrogen and oxygen atoms in total. The van der Waals surface area contributed by atoms with E-state index in [1.807, 2.05) is 25.1 Å². The van der Waals surface area contributed by atoms with Crippen molar-refractivity contribution >= 4 is 5.96 Å². The third kappa shape index (κ3) is 9.97. The number of nitrogens with one attached hydrogen (secondary N) is 2. The fourth-order valence-electron chi connectivity index (χ4n) is 2.28. The van der Waals surface area contributed by atoms with Gasteiger partial charge in [-0.25, -0.2) is 0 Å². The summed E-state index contributed by atoms with van der Waals surface area (Å²) in [5.41, 5.74) is 1.14. The van der Waals surface area contributed by atoms with E-state index in [-0.39, 0.29) is 0 Å². The number of unbranched alkanes of at least 4 members (excludes halogenated alkanes) is 1. The van der Waals surface area contributed by atoms with E-state index in [0.29, 0.717) is 12.5 Å². The SMILES string of the molecule is CCOCCCCNC(=NC)NCc1ccccc1OCCC(C)C. The number of para-hydroxylation sites is 1. The molecule has 1 rings (SSSR count). The van der Waals surface area contributed by atoms with E-state index in [1.54, 1.807) is 7.05 Å². The Balaban J connectivity index is 2.37. The Morgan fingerprint density at radius 1 is 1.12 bits per heavy atom. The molecule has 0 saturated heterocycles. The van der Waals surface area contributed by atoms with Gasteiger partial charge in [-0.15, -0.1) is 0 Å². The molecular formula is C20H35N3O2. The van der Waals surface area contributed by atoms with Crippen LogP contribution in [0.25, 0.3) is 0 Å². The quantitative estimate of drug-likeness (QED) is 0.344. The number of aliphatic imine (C=N–C) groups is 1. The van der Waals surface area contributed by atoms with E-state index in [0.717, 1.165) is 62.9 Å². The summed E-state index contributed by atoms with van der Waals surface area (Å²) in [5.74, 6) is 2.41. The fourth-order valence-corrected chi connectivity index (χ4v) is 2.28. The molecule has 0 unspecified atom stereocenters. The van der Waals surface area contributed by atoms with Crippen molar-refractivity contribution in [1.29, 1.82) is 0 Å². The lowest BCUT2D eigenvalue weighted by Gasteiger charge is -2.15. The number of hydrogen-bond donors (Lipinski definition) is 2. The van der Waals surface area contributed by atoms with Crippen LogP contribution in [0.5, 0.6) is 5.75 Å². The molecule has 5 heteroatoms. The lowest BCUT2D eigenvalue weighted by molar-refractivity contribution is 0.143. The Bertz CT molecular complexity index is 490. The maximum atomic E-state index is 5.94. The Morgan fingerprint density at radius 2 is 1.92 bits per heavy atom. The molecular weight excluding hydrogens is 314 g/mol. The summed E-state index contributed by atoms with van der Waals surface area (Å²) in [7, 11) is 1.79. The van der Waals surface area contributed by atoms with E-state index in [2.05, 4.69) is 35.5 Å². The van der Waals surface area contributed by atoms with Gasteiger partial charge < -0.3 is 20.1 Å². The van der Waals surface area contributed by atoms with E-state index >= 15 is 0 Å². The van der Waals surface area contributed by atoms with E-state index in [9.17, 15) is 0 Å². The molecule has 2 N–H and O–H groups in total. The Morgan fingerprint density at radius 3 is 2.64 bits per heavy atom. The van der Waals surface area contributed by atoms with Crippen LogP contribution in [0, 0.1) is 5.92 Å². The summed E-state index contributed by atoms with van der Waals surface area (Å²) in [6.07, 6.45) is 3.19. The van der Waals surface area contributed by atoms with Crippen molar-refractivity contribution < 1.29 is 9.47 Å². The van der Waals surface area contributed by atoms with Gasteiger partial charge >= 0.3 is 0 Å². The number of ether oxygens (including phenoxy) is 2. The molecule has 0 aliphatic carbocycles. The van der Waals surface area contributed by atoms with Crippen LogP contribution in [-0.2, 0) is 11.3 Å². The first-order valence-corrected chi connectivity index (χ1v) is 9.40. The third-order valence-corrected chi connectivity index (χ3v) is 3.81. The first kappa shape index (κ1) is 21.3. The van der Waals surface area contributed by atoms with E-state index in [1.165, 1.54) is 0 Å². The molecule has 0 amide bonds. The molecule has 1 aromatic rings. The Hall–Kier alpha value is -1.75. The lowest BCUT2D eigenvalue weighted by atomic mass is 10.1. The zero-order chi connectivity index (χ0) is 18.3. The molecule has 0 atom stereocenters. The van der Waals surface area contributed by atoms with Crippen LogP contribution in [0.4, 0.5) is 0 Å². The van der Waals surface area contributed by atoms with Crippen molar-refractivity contribution in [2.45, 2.75) is 46.6 Å². The Labute approximate surface area is 153 Å². The average molecular weight is 350 g/mol. The zero-order valence-corrected chi connectivity index (χ0v) is 16.3. The number of guanidine groups is 1. The lowest BCUT2D eigenvalue weighted by Crippen LogP contribution is -2.37. The van der Waals surface area contributed by atoms with Crippen molar-refractivity contribution in [3.8, 4) is 5.75 Å². The second kappa shape index (κ2) is 13.5. The smallest absolute Gasteiger partial charge is 0.191 e. The van der Waals surface area contributed by atoms with Crippen LogP contribution in [0.1, 0.15) is 45.6 Å². The number of benzene rings is 1. The van der Waals surface area contributed by atoms with Gasteiger partial charge in [-0.1, -0.05) is 32.0 Å². The molecule has 1 aromatic carbocycles. The molecule has 0 heterocycles. The predicted octanol–water partition coefficient (Wildman–Crippen LogP) is 3.59. The van der Waals surface area contributed by atoms with Crippen molar-refractivity contribution in [3.63, 3.8) is 0 Å². The minimum atomic E-state index is 0.649. The molecule has 0 fully saturated rings. The maximum absolute atomic E-state index is 5.94. The highest BCUT2D eigenvalue weighted by atomic mass is 16.5. The van der Waals surface area contributed by atoms with Crippen LogP contribution in [0.3, 0.4) is 0 Å². The van der Waals surface area contributed by atoms with E-state index < -0.39 is 0 Å². The summed E-state index contributed by atoms with van der Waals surface area (Å²) >= 11 is 0. The fraction of sp³-hybridized carbons (Fsp3) is 0.650. The molecule has 0 bridgehead atoms. The average Bonchev–Trinajstić information content (AvgIpc) is 2.61. The van der Waals surface area contributed by atoms with Gasteiger partial charge in [0, 0.05) is 38.9 Å². The molecule has 0 aromatic heterocycles. The van der Waals surface area contributed by atoms with Crippen molar-refractivity contribution in [3.05, 3.63) is 29.8 Å². The highest BCUT2D eigenvalue weighted by Gasteiger charge is 2.05. The monoisotopic (exact) mass is 349 g/mol. The highest BCUT2D eigenvalue weighted by Crippen LogP contribution is 2.18. The number of rotatable bonds is 12. The molecule has 25 heavy (non-hydrogen) atoms. The van der Waals surface area contributed by atoms with Crippen molar-refractivity contribution in [1.82, 2.24) is 10.6 Å². The first-order valence-electron chi connectivity index (χ1n) is 9.40. The summed E-state index contributed by atoms with van der Waals surface area (Å²) in [6.45, 7) is 10.4. The van der Waals surface area contributed by atoms with Crippen LogP contribution in [-0.4, -0.2) is 39.4 Å². The highest BCUT2D eigenvalue weighted by molar-refractivity contribution is 5.79. The van der Waals surface area contributed by atoms with Gasteiger partial charge in [0.2, 0.25) is 0 Å². The molecule has 0 saturated carbocycles. The first-order chi connectivity index (χ1) is 12.2. The second-order valence-electron chi connectivity index (χ2n) is 6.40. The molecule has 0 aliphatic rings. The van der Waals surface area contributed by atoms with Gasteiger partial charge in [0.05, 0.1) is 6.61 Å². The van der Waals surface area contributed by atoms with E-state index in [4.69, 9.17) is 9.47 Å². The van der Waals surface area contributed by atoms with Crippen LogP contribution in [0.2, 0.25) is 0 Å². The summed E-state index contributed by atoms with van der Waals surface area (Å²) in [6, 6.07) is 8.17. The summed E-state index contributed by atoms with van der Waals surface area (Å²) in [4.78, 5) is 4.27.